The van der Waals surface area contributed by atoms with Crippen molar-refractivity contribution in [3.8, 4) is 11.3 Å². The monoisotopic (exact) mass is 568 g/mol. The van der Waals surface area contributed by atoms with E-state index in [4.69, 9.17) is 20.6 Å². The van der Waals surface area contributed by atoms with E-state index in [0.29, 0.717) is 18.8 Å². The van der Waals surface area contributed by atoms with Gasteiger partial charge in [0.15, 0.2) is 0 Å². The molecule has 0 saturated carbocycles. The van der Waals surface area contributed by atoms with Gasteiger partial charge in [0.05, 0.1) is 11.0 Å². The van der Waals surface area contributed by atoms with Gasteiger partial charge < -0.3 is 20.4 Å². The Balaban J connectivity index is 0.000000689. The minimum atomic E-state index is -0.833. The molecule has 7 nitrogen and oxygen atoms in total. The molecule has 8 heteroatoms. The van der Waals surface area contributed by atoms with Gasteiger partial charge in [-0.15, -0.1) is 0 Å². The van der Waals surface area contributed by atoms with Crippen LogP contribution in [-0.4, -0.2) is 25.6 Å². The molecule has 0 aliphatic rings. The number of aromatic nitrogens is 3. The topological polar surface area (TPSA) is 114 Å². The van der Waals surface area contributed by atoms with E-state index in [9.17, 15) is 4.79 Å². The molecule has 6 rings (SSSR count). The Morgan fingerprint density at radius 3 is 2.45 bits per heavy atom. The molecule has 0 aliphatic heterocycles. The molecule has 0 fully saturated rings. The summed E-state index contributed by atoms with van der Waals surface area (Å²) in [6, 6.07) is 26.5. The molecule has 0 unspecified atom stereocenters. The van der Waals surface area contributed by atoms with Crippen molar-refractivity contribution >= 4 is 54.6 Å². The second kappa shape index (κ2) is 10.6. The minimum absolute atomic E-state index is 0.202. The molecule has 0 atom stereocenters. The highest BCUT2D eigenvalue weighted by molar-refractivity contribution is 9.10. The SMILES string of the molecule is CC(=O)O.NCc1cccc(Cn2cc(-c3nc4cc5ccccc5cc4[nH]c3=O)c3cc(Br)ccc32)c1. The van der Waals surface area contributed by atoms with Crippen molar-refractivity contribution in [3.63, 3.8) is 0 Å². The number of carboxylic acids is 1. The molecule has 0 amide bonds. The number of hydrogen-bond donors (Lipinski definition) is 3. The Hall–Kier alpha value is -4.27. The molecular weight excluding hydrogens is 544 g/mol. The molecular formula is C30H25BrN4O3. The van der Waals surface area contributed by atoms with Gasteiger partial charge in [-0.2, -0.15) is 0 Å². The molecule has 0 bridgehead atoms. The maximum absolute atomic E-state index is 13.2. The number of H-pyrrole nitrogens is 1. The lowest BCUT2D eigenvalue weighted by atomic mass is 10.1. The summed E-state index contributed by atoms with van der Waals surface area (Å²) in [5.74, 6) is -0.833. The fourth-order valence-corrected chi connectivity index (χ4v) is 4.96. The molecule has 4 N–H and O–H groups in total. The van der Waals surface area contributed by atoms with Gasteiger partial charge in [-0.05, 0) is 52.2 Å². The Morgan fingerprint density at radius 2 is 1.71 bits per heavy atom. The Bertz CT molecular complexity index is 1870. The molecule has 0 saturated heterocycles. The van der Waals surface area contributed by atoms with Crippen molar-refractivity contribution < 1.29 is 9.90 Å². The number of halogens is 1. The lowest BCUT2D eigenvalue weighted by molar-refractivity contribution is -0.134. The third-order valence-corrected chi connectivity index (χ3v) is 6.73. The van der Waals surface area contributed by atoms with Crippen molar-refractivity contribution in [3.05, 3.63) is 111 Å². The number of carbonyl (C=O) groups is 1. The van der Waals surface area contributed by atoms with Crippen LogP contribution in [0.25, 0.3) is 44.0 Å². The summed E-state index contributed by atoms with van der Waals surface area (Å²) in [7, 11) is 0. The summed E-state index contributed by atoms with van der Waals surface area (Å²) >= 11 is 3.59. The van der Waals surface area contributed by atoms with Crippen molar-refractivity contribution in [2.24, 2.45) is 5.73 Å². The predicted octanol–water partition coefficient (Wildman–Crippen LogP) is 6.06. The Labute approximate surface area is 226 Å². The molecule has 2 aromatic heterocycles. The predicted molar refractivity (Wildman–Crippen MR) is 155 cm³/mol. The van der Waals surface area contributed by atoms with Crippen LogP contribution in [0.2, 0.25) is 0 Å². The number of aliphatic carboxylic acids is 1. The summed E-state index contributed by atoms with van der Waals surface area (Å²) in [5.41, 5.74) is 11.6. The van der Waals surface area contributed by atoms with E-state index in [1.54, 1.807) is 0 Å². The third-order valence-electron chi connectivity index (χ3n) is 6.24. The zero-order valence-corrected chi connectivity index (χ0v) is 22.2. The molecule has 190 valence electrons. The van der Waals surface area contributed by atoms with Crippen LogP contribution in [0.4, 0.5) is 0 Å². The molecule has 6 aromatic rings. The first-order valence-electron chi connectivity index (χ1n) is 12.0. The number of nitrogens with one attached hydrogen (secondary N) is 1. The van der Waals surface area contributed by atoms with E-state index in [1.807, 2.05) is 60.8 Å². The first-order chi connectivity index (χ1) is 18.3. The van der Waals surface area contributed by atoms with Crippen LogP contribution in [0.5, 0.6) is 0 Å². The normalized spacial score (nSPS) is 11.0. The number of nitrogens with zero attached hydrogens (tertiary/aromatic N) is 2. The molecule has 0 aliphatic carbocycles. The number of benzene rings is 4. The van der Waals surface area contributed by atoms with Crippen molar-refractivity contribution in [1.82, 2.24) is 14.5 Å². The van der Waals surface area contributed by atoms with Crippen LogP contribution in [0.15, 0.2) is 94.3 Å². The maximum Gasteiger partial charge on any atom is 0.300 e. The number of rotatable bonds is 4. The van der Waals surface area contributed by atoms with Crippen molar-refractivity contribution in [1.29, 1.82) is 0 Å². The second-order valence-electron chi connectivity index (χ2n) is 9.01. The molecule has 0 radical (unpaired) electrons. The van der Waals surface area contributed by atoms with Gasteiger partial charge in [0.25, 0.3) is 11.5 Å². The first kappa shape index (κ1) is 25.4. The number of aromatic amines is 1. The fraction of sp³-hybridized carbons (Fsp3) is 0.100. The van der Waals surface area contributed by atoms with Gasteiger partial charge in [-0.1, -0.05) is 64.5 Å². The van der Waals surface area contributed by atoms with Crippen molar-refractivity contribution in [2.75, 3.05) is 0 Å². The van der Waals surface area contributed by atoms with Crippen LogP contribution >= 0.6 is 15.9 Å². The van der Waals surface area contributed by atoms with Crippen LogP contribution in [0, 0.1) is 0 Å². The smallest absolute Gasteiger partial charge is 0.300 e. The zero-order valence-electron chi connectivity index (χ0n) is 20.6. The molecule has 4 aromatic carbocycles. The average Bonchev–Trinajstić information content (AvgIpc) is 3.23. The largest absolute Gasteiger partial charge is 0.481 e. The summed E-state index contributed by atoms with van der Waals surface area (Å²) in [6.07, 6.45) is 2.02. The summed E-state index contributed by atoms with van der Waals surface area (Å²) in [4.78, 5) is 30.1. The third kappa shape index (κ3) is 5.22. The summed E-state index contributed by atoms with van der Waals surface area (Å²) < 4.78 is 3.12. The van der Waals surface area contributed by atoms with E-state index in [0.717, 1.165) is 60.8 Å². The molecule has 38 heavy (non-hydrogen) atoms. The zero-order chi connectivity index (χ0) is 26.8. The molecule has 2 heterocycles. The first-order valence-corrected chi connectivity index (χ1v) is 12.8. The van der Waals surface area contributed by atoms with Gasteiger partial charge in [-0.3, -0.25) is 9.59 Å². The van der Waals surface area contributed by atoms with Crippen LogP contribution < -0.4 is 11.3 Å². The van der Waals surface area contributed by atoms with E-state index in [2.05, 4.69) is 49.7 Å². The van der Waals surface area contributed by atoms with E-state index in [1.165, 1.54) is 0 Å². The number of fused-ring (bicyclic) bond motifs is 3. The number of hydrogen-bond acceptors (Lipinski definition) is 4. The highest BCUT2D eigenvalue weighted by Crippen LogP contribution is 2.32. The average molecular weight is 569 g/mol. The van der Waals surface area contributed by atoms with Gasteiger partial charge in [-0.25, -0.2) is 4.98 Å². The van der Waals surface area contributed by atoms with Gasteiger partial charge in [0, 0.05) is 47.1 Å². The summed E-state index contributed by atoms with van der Waals surface area (Å²) in [6.45, 7) is 2.26. The van der Waals surface area contributed by atoms with Gasteiger partial charge in [0.1, 0.15) is 5.69 Å². The van der Waals surface area contributed by atoms with Crippen LogP contribution in [0.1, 0.15) is 18.1 Å². The maximum atomic E-state index is 13.2. The molecule has 0 spiro atoms. The quantitative estimate of drug-likeness (QED) is 0.224. The van der Waals surface area contributed by atoms with Crippen LogP contribution in [-0.2, 0) is 17.9 Å². The van der Waals surface area contributed by atoms with E-state index >= 15 is 0 Å². The minimum Gasteiger partial charge on any atom is -0.481 e. The van der Waals surface area contributed by atoms with Crippen LogP contribution in [0.3, 0.4) is 0 Å². The highest BCUT2D eigenvalue weighted by Gasteiger charge is 2.16. The lowest BCUT2D eigenvalue weighted by Gasteiger charge is -2.07. The van der Waals surface area contributed by atoms with E-state index in [-0.39, 0.29) is 5.56 Å². The standard InChI is InChI=1S/C28H21BrN4O.C2H4O2/c29-21-8-9-26-22(13-21)23(16-33(26)15-18-5-3-4-17(10-18)14-30)27-28(34)32-25-12-20-7-2-1-6-19(20)11-24(25)31-27;1-2(3)4/h1-13,16H,14-15,30H2,(H,32,34);1H3,(H,3,4). The highest BCUT2D eigenvalue weighted by atomic mass is 79.9. The Morgan fingerprint density at radius 1 is 1.00 bits per heavy atom. The van der Waals surface area contributed by atoms with E-state index < -0.39 is 5.97 Å². The Kier molecular flexibility index (Phi) is 7.09. The lowest BCUT2D eigenvalue weighted by Crippen LogP contribution is -2.11. The van der Waals surface area contributed by atoms with Crippen molar-refractivity contribution in [2.45, 2.75) is 20.0 Å². The van der Waals surface area contributed by atoms with Gasteiger partial charge >= 0.3 is 0 Å². The fourth-order valence-electron chi connectivity index (χ4n) is 4.60. The number of nitrogens with two attached hydrogens (primary N) is 1. The van der Waals surface area contributed by atoms with Gasteiger partial charge in [0.2, 0.25) is 0 Å². The second-order valence-corrected chi connectivity index (χ2v) is 9.92. The summed E-state index contributed by atoms with van der Waals surface area (Å²) in [5, 5.41) is 10.5. The number of carboxylic acid groups (broad SMARTS) is 1.